The number of nitrogens with one attached hydrogen (secondary N) is 1. The summed E-state index contributed by atoms with van der Waals surface area (Å²) in [4.78, 5) is 19.1. The van der Waals surface area contributed by atoms with Crippen molar-refractivity contribution in [2.45, 2.75) is 45.8 Å². The highest BCUT2D eigenvalue weighted by molar-refractivity contribution is 6.55. The van der Waals surface area contributed by atoms with E-state index in [1.165, 1.54) is 0 Å². The minimum Gasteiger partial charge on any atom is -0.400 e. The third-order valence-electron chi connectivity index (χ3n) is 4.94. The quantitative estimate of drug-likeness (QED) is 0.836. The molecule has 7 heteroatoms. The van der Waals surface area contributed by atoms with Crippen molar-refractivity contribution < 1.29 is 14.4 Å². The number of rotatable bonds is 3. The first-order valence-electron chi connectivity index (χ1n) is 8.30. The molecule has 1 aliphatic heterocycles. The normalized spacial score (nSPS) is 19.6. The molecule has 0 amide bonds. The van der Waals surface area contributed by atoms with Gasteiger partial charge in [0.15, 0.2) is 0 Å². The molecule has 2 aromatic rings. The molecule has 1 aromatic heterocycles. The van der Waals surface area contributed by atoms with E-state index in [4.69, 9.17) is 9.31 Å². The van der Waals surface area contributed by atoms with Crippen LogP contribution in [0, 0.1) is 6.92 Å². The molecule has 1 aliphatic rings. The molecule has 0 aliphatic carbocycles. The predicted molar refractivity (Wildman–Crippen MR) is 98.2 cm³/mol. The van der Waals surface area contributed by atoms with Crippen molar-refractivity contribution in [1.82, 2.24) is 9.97 Å². The third kappa shape index (κ3) is 3.27. The van der Waals surface area contributed by atoms with Gasteiger partial charge in [-0.2, -0.15) is 0 Å². The first-order valence-corrected chi connectivity index (χ1v) is 8.30. The van der Waals surface area contributed by atoms with Crippen LogP contribution in [0.2, 0.25) is 0 Å². The van der Waals surface area contributed by atoms with Crippen molar-refractivity contribution in [2.24, 2.45) is 0 Å². The Bertz CT molecular complexity index is 886. The van der Waals surface area contributed by atoms with E-state index in [0.717, 1.165) is 5.56 Å². The minimum absolute atomic E-state index is 0.182. The number of aliphatic hydroxyl groups is 1. The summed E-state index contributed by atoms with van der Waals surface area (Å²) in [7, 11) is -0.625. The van der Waals surface area contributed by atoms with Crippen LogP contribution in [-0.2, 0) is 9.31 Å². The fourth-order valence-electron chi connectivity index (χ4n) is 2.76. The maximum atomic E-state index is 12.1. The SMILES string of the molecule is Cc1nc2ccc(C=C(CO)B3OC(C)(C)C(C)(C)O3)cc2c(=O)[nH]1. The lowest BCUT2D eigenvalue weighted by Gasteiger charge is -2.32. The molecule has 1 fully saturated rings. The fraction of sp³-hybridized carbons (Fsp3) is 0.444. The molecule has 132 valence electrons. The van der Waals surface area contributed by atoms with Gasteiger partial charge in [0, 0.05) is 0 Å². The van der Waals surface area contributed by atoms with Gasteiger partial charge >= 0.3 is 7.12 Å². The van der Waals surface area contributed by atoms with Crippen molar-refractivity contribution in [2.75, 3.05) is 6.61 Å². The number of nitrogens with zero attached hydrogens (tertiary/aromatic N) is 1. The molecule has 25 heavy (non-hydrogen) atoms. The highest BCUT2D eigenvalue weighted by atomic mass is 16.7. The average Bonchev–Trinajstić information content (AvgIpc) is 2.73. The highest BCUT2D eigenvalue weighted by Crippen LogP contribution is 2.38. The molecule has 0 bridgehead atoms. The number of aromatic amines is 1. The molecule has 6 nitrogen and oxygen atoms in total. The van der Waals surface area contributed by atoms with Crippen molar-refractivity contribution in [3.8, 4) is 0 Å². The standard InChI is InChI=1S/C18H23BN2O4/c1-11-20-15-7-6-12(9-14(15)16(23)21-11)8-13(10-22)19-24-17(2,3)18(4,5)25-19/h6-9,22H,10H2,1-5H3,(H,20,21,23). The van der Waals surface area contributed by atoms with E-state index in [2.05, 4.69) is 9.97 Å². The van der Waals surface area contributed by atoms with Gasteiger partial charge in [-0.3, -0.25) is 4.79 Å². The largest absolute Gasteiger partial charge is 0.492 e. The smallest absolute Gasteiger partial charge is 0.400 e. The number of aliphatic hydroxyl groups excluding tert-OH is 1. The number of H-pyrrole nitrogens is 1. The predicted octanol–water partition coefficient (Wildman–Crippen LogP) is 2.24. The van der Waals surface area contributed by atoms with Crippen molar-refractivity contribution in [1.29, 1.82) is 0 Å². The summed E-state index contributed by atoms with van der Waals surface area (Å²) in [6, 6.07) is 5.40. The zero-order valence-electron chi connectivity index (χ0n) is 15.2. The molecule has 2 N–H and O–H groups in total. The molecule has 0 unspecified atom stereocenters. The Morgan fingerprint density at radius 2 is 1.92 bits per heavy atom. The van der Waals surface area contributed by atoms with Gasteiger partial charge in [-0.15, -0.1) is 0 Å². The van der Waals surface area contributed by atoms with Crippen LogP contribution in [0.1, 0.15) is 39.1 Å². The molecular formula is C18H23BN2O4. The Morgan fingerprint density at radius 3 is 2.52 bits per heavy atom. The number of benzene rings is 1. The van der Waals surface area contributed by atoms with E-state index in [1.807, 2.05) is 33.8 Å². The van der Waals surface area contributed by atoms with Crippen LogP contribution in [0.15, 0.2) is 28.5 Å². The van der Waals surface area contributed by atoms with Crippen LogP contribution < -0.4 is 5.56 Å². The van der Waals surface area contributed by atoms with Gasteiger partial charge in [-0.05, 0) is 57.8 Å². The first-order chi connectivity index (χ1) is 11.6. The van der Waals surface area contributed by atoms with Crippen molar-refractivity contribution in [3.05, 3.63) is 45.4 Å². The second kappa shape index (κ2) is 6.09. The minimum atomic E-state index is -0.625. The van der Waals surface area contributed by atoms with E-state index in [1.54, 1.807) is 25.1 Å². The average molecular weight is 342 g/mol. The topological polar surface area (TPSA) is 84.4 Å². The molecule has 1 saturated heterocycles. The molecule has 0 saturated carbocycles. The molecule has 3 rings (SSSR count). The van der Waals surface area contributed by atoms with Crippen molar-refractivity contribution >= 4 is 24.1 Å². The Kier molecular flexibility index (Phi) is 4.35. The van der Waals surface area contributed by atoms with Crippen LogP contribution in [-0.4, -0.2) is 40.0 Å². The maximum Gasteiger partial charge on any atom is 0.492 e. The van der Waals surface area contributed by atoms with Crippen LogP contribution in [0.25, 0.3) is 17.0 Å². The summed E-state index contributed by atoms with van der Waals surface area (Å²) in [6.07, 6.45) is 1.79. The molecule has 0 radical (unpaired) electrons. The summed E-state index contributed by atoms with van der Waals surface area (Å²) >= 11 is 0. The summed E-state index contributed by atoms with van der Waals surface area (Å²) in [5, 5.41) is 10.3. The lowest BCUT2D eigenvalue weighted by molar-refractivity contribution is 0.00578. The Morgan fingerprint density at radius 1 is 1.28 bits per heavy atom. The van der Waals surface area contributed by atoms with Gasteiger partial charge in [-0.1, -0.05) is 12.1 Å². The number of aromatic nitrogens is 2. The zero-order valence-corrected chi connectivity index (χ0v) is 15.2. The van der Waals surface area contributed by atoms with Crippen LogP contribution in [0.3, 0.4) is 0 Å². The molecule has 0 atom stereocenters. The first kappa shape index (κ1) is 17.9. The lowest BCUT2D eigenvalue weighted by Crippen LogP contribution is -2.41. The highest BCUT2D eigenvalue weighted by Gasteiger charge is 2.52. The fourth-order valence-corrected chi connectivity index (χ4v) is 2.76. The molecule has 1 aromatic carbocycles. The van der Waals surface area contributed by atoms with E-state index in [9.17, 15) is 9.90 Å². The monoisotopic (exact) mass is 342 g/mol. The van der Waals surface area contributed by atoms with Crippen molar-refractivity contribution in [3.63, 3.8) is 0 Å². The summed E-state index contributed by atoms with van der Waals surface area (Å²) in [5.74, 6) is 0.578. The number of hydrogen-bond donors (Lipinski definition) is 2. The second-order valence-electron chi connectivity index (χ2n) is 7.39. The van der Waals surface area contributed by atoms with E-state index >= 15 is 0 Å². The zero-order chi connectivity index (χ0) is 18.4. The van der Waals surface area contributed by atoms with E-state index < -0.39 is 18.3 Å². The Balaban J connectivity index is 1.98. The van der Waals surface area contributed by atoms with Gasteiger partial charge in [0.05, 0.1) is 28.7 Å². The second-order valence-corrected chi connectivity index (χ2v) is 7.39. The van der Waals surface area contributed by atoms with Gasteiger partial charge in [0.2, 0.25) is 0 Å². The summed E-state index contributed by atoms with van der Waals surface area (Å²) in [5.41, 5.74) is 0.886. The maximum absolute atomic E-state index is 12.1. The lowest BCUT2D eigenvalue weighted by atomic mass is 9.77. The summed E-state index contributed by atoms with van der Waals surface area (Å²) in [6.45, 7) is 9.41. The van der Waals surface area contributed by atoms with E-state index in [-0.39, 0.29) is 12.2 Å². The van der Waals surface area contributed by atoms with Gasteiger partial charge < -0.3 is 19.4 Å². The molecule has 2 heterocycles. The van der Waals surface area contributed by atoms with Gasteiger partial charge in [0.25, 0.3) is 5.56 Å². The number of hydrogen-bond acceptors (Lipinski definition) is 5. The van der Waals surface area contributed by atoms with Crippen LogP contribution >= 0.6 is 0 Å². The Hall–Kier alpha value is -1.96. The van der Waals surface area contributed by atoms with Crippen LogP contribution in [0.5, 0.6) is 0 Å². The van der Waals surface area contributed by atoms with E-state index in [0.29, 0.717) is 22.2 Å². The number of aryl methyl sites for hydroxylation is 1. The molecule has 0 spiro atoms. The van der Waals surface area contributed by atoms with Gasteiger partial charge in [-0.25, -0.2) is 4.98 Å². The third-order valence-corrected chi connectivity index (χ3v) is 4.94. The van der Waals surface area contributed by atoms with Gasteiger partial charge in [0.1, 0.15) is 5.82 Å². The Labute approximate surface area is 147 Å². The summed E-state index contributed by atoms with van der Waals surface area (Å²) < 4.78 is 12.0. The molecular weight excluding hydrogens is 319 g/mol. The van der Waals surface area contributed by atoms with Crippen LogP contribution in [0.4, 0.5) is 0 Å². The number of fused-ring (bicyclic) bond motifs is 1.